The van der Waals surface area contributed by atoms with Crippen LogP contribution in [0, 0.1) is 6.92 Å². The van der Waals surface area contributed by atoms with Gasteiger partial charge < -0.3 is 9.80 Å². The van der Waals surface area contributed by atoms with Gasteiger partial charge in [0.15, 0.2) is 0 Å². The van der Waals surface area contributed by atoms with Gasteiger partial charge in [-0.1, -0.05) is 18.2 Å². The zero-order valence-electron chi connectivity index (χ0n) is 11.6. The summed E-state index contributed by atoms with van der Waals surface area (Å²) in [5.41, 5.74) is 3.44. The lowest BCUT2D eigenvalue weighted by molar-refractivity contribution is -0.131. The van der Waals surface area contributed by atoms with Gasteiger partial charge >= 0.3 is 0 Å². The molecule has 1 aromatic carbocycles. The number of anilines is 1. The van der Waals surface area contributed by atoms with E-state index in [1.54, 1.807) is 16.7 Å². The zero-order chi connectivity index (χ0) is 14.1. The van der Waals surface area contributed by atoms with Crippen molar-refractivity contribution in [2.24, 2.45) is 0 Å². The molecule has 0 aliphatic carbocycles. The first-order valence-electron chi connectivity index (χ1n) is 6.91. The molecule has 0 unspecified atom stereocenters. The normalized spacial score (nSPS) is 18.4. The van der Waals surface area contributed by atoms with E-state index >= 15 is 0 Å². The van der Waals surface area contributed by atoms with Crippen molar-refractivity contribution in [3.8, 4) is 0 Å². The van der Waals surface area contributed by atoms with Crippen LogP contribution in [0.5, 0.6) is 0 Å². The summed E-state index contributed by atoms with van der Waals surface area (Å²) in [6.45, 7) is 3.01. The average Bonchev–Trinajstić information content (AvgIpc) is 2.84. The fourth-order valence-electron chi connectivity index (χ4n) is 2.89. The first-order valence-corrected chi connectivity index (χ1v) is 8.06. The lowest BCUT2D eigenvalue weighted by Gasteiger charge is -2.32. The third kappa shape index (κ3) is 2.42. The third-order valence-electron chi connectivity index (χ3n) is 3.87. The van der Waals surface area contributed by atoms with Crippen LogP contribution in [0.3, 0.4) is 0 Å². The molecule has 0 aromatic heterocycles. The van der Waals surface area contributed by atoms with Crippen molar-refractivity contribution >= 4 is 29.3 Å². The molecule has 2 heterocycles. The van der Waals surface area contributed by atoms with Crippen LogP contribution in [0.4, 0.5) is 5.69 Å². The number of carbonyl (C=O) groups is 2. The van der Waals surface area contributed by atoms with E-state index in [2.05, 4.69) is 6.07 Å². The Labute approximate surface area is 123 Å². The number of benzene rings is 1. The maximum Gasteiger partial charge on any atom is 0.246 e. The maximum atomic E-state index is 12.5. The molecule has 1 fully saturated rings. The molecule has 3 rings (SSSR count). The Morgan fingerprint density at radius 1 is 1.40 bits per heavy atom. The molecule has 0 N–H and O–H groups in total. The summed E-state index contributed by atoms with van der Waals surface area (Å²) < 4.78 is 0. The Morgan fingerprint density at radius 3 is 3.00 bits per heavy atom. The topological polar surface area (TPSA) is 40.6 Å². The largest absolute Gasteiger partial charge is 0.323 e. The van der Waals surface area contributed by atoms with Gasteiger partial charge in [0.25, 0.3) is 0 Å². The lowest BCUT2D eigenvalue weighted by atomic mass is 9.98. The number of hydrogen-bond acceptors (Lipinski definition) is 3. The number of para-hydroxylation sites is 1. The second kappa shape index (κ2) is 5.48. The summed E-state index contributed by atoms with van der Waals surface area (Å²) in [6, 6.07) is 6.18. The highest BCUT2D eigenvalue weighted by Gasteiger charge is 2.28. The Bertz CT molecular complexity index is 559. The van der Waals surface area contributed by atoms with Crippen LogP contribution in [0.25, 0.3) is 0 Å². The number of hydrogen-bond donors (Lipinski definition) is 0. The standard InChI is InChI=1S/C15H18N2O2S/c1-11-4-2-5-12-6-3-7-17(15(11)12)13(18)8-16-10-20-9-14(16)19/h2,4-5H,3,6-10H2,1H3. The third-order valence-corrected chi connectivity index (χ3v) is 4.82. The van der Waals surface area contributed by atoms with Crippen molar-refractivity contribution in [1.29, 1.82) is 0 Å². The molecule has 2 aliphatic rings. The maximum absolute atomic E-state index is 12.5. The van der Waals surface area contributed by atoms with Crippen LogP contribution < -0.4 is 4.90 Å². The van der Waals surface area contributed by atoms with Gasteiger partial charge in [0.05, 0.1) is 11.6 Å². The van der Waals surface area contributed by atoms with E-state index in [0.29, 0.717) is 11.6 Å². The summed E-state index contributed by atoms with van der Waals surface area (Å²) in [7, 11) is 0. The van der Waals surface area contributed by atoms with Crippen molar-refractivity contribution in [2.45, 2.75) is 19.8 Å². The Balaban J connectivity index is 1.81. The molecule has 2 aliphatic heterocycles. The highest BCUT2D eigenvalue weighted by atomic mass is 32.2. The second-order valence-electron chi connectivity index (χ2n) is 5.30. The van der Waals surface area contributed by atoms with Gasteiger partial charge in [-0.25, -0.2) is 0 Å². The van der Waals surface area contributed by atoms with Crippen LogP contribution >= 0.6 is 11.8 Å². The minimum Gasteiger partial charge on any atom is -0.323 e. The average molecular weight is 290 g/mol. The fourth-order valence-corrected chi connectivity index (χ4v) is 3.79. The quantitative estimate of drug-likeness (QED) is 0.834. The smallest absolute Gasteiger partial charge is 0.246 e. The van der Waals surface area contributed by atoms with Gasteiger partial charge in [-0.2, -0.15) is 0 Å². The second-order valence-corrected chi connectivity index (χ2v) is 6.26. The van der Waals surface area contributed by atoms with Crippen LogP contribution in [-0.2, 0) is 16.0 Å². The summed E-state index contributed by atoms with van der Waals surface area (Å²) >= 11 is 1.57. The van der Waals surface area contributed by atoms with Crippen LogP contribution in [0.2, 0.25) is 0 Å². The molecule has 106 valence electrons. The summed E-state index contributed by atoms with van der Waals surface area (Å²) in [5.74, 6) is 1.25. The van der Waals surface area contributed by atoms with Gasteiger partial charge in [-0.3, -0.25) is 9.59 Å². The van der Waals surface area contributed by atoms with Crippen LogP contribution in [0.15, 0.2) is 18.2 Å². The minimum absolute atomic E-state index is 0.0381. The molecule has 1 saturated heterocycles. The van der Waals surface area contributed by atoms with E-state index in [-0.39, 0.29) is 18.4 Å². The van der Waals surface area contributed by atoms with Crippen molar-refractivity contribution in [1.82, 2.24) is 4.90 Å². The van der Waals surface area contributed by atoms with E-state index in [1.165, 1.54) is 5.56 Å². The summed E-state index contributed by atoms with van der Waals surface area (Å²) in [6.07, 6.45) is 2.02. The van der Waals surface area contributed by atoms with Crippen molar-refractivity contribution in [3.05, 3.63) is 29.3 Å². The monoisotopic (exact) mass is 290 g/mol. The molecule has 0 radical (unpaired) electrons. The summed E-state index contributed by atoms with van der Waals surface area (Å²) in [4.78, 5) is 27.7. The van der Waals surface area contributed by atoms with E-state index in [4.69, 9.17) is 0 Å². The summed E-state index contributed by atoms with van der Waals surface area (Å²) in [5, 5.41) is 0. The predicted octanol–water partition coefficient (Wildman–Crippen LogP) is 1.81. The number of thioether (sulfide) groups is 1. The molecule has 0 spiro atoms. The number of nitrogens with zero attached hydrogens (tertiary/aromatic N) is 2. The Kier molecular flexibility index (Phi) is 3.70. The number of fused-ring (bicyclic) bond motifs is 1. The van der Waals surface area contributed by atoms with Crippen LogP contribution in [-0.4, -0.2) is 41.4 Å². The SMILES string of the molecule is Cc1cccc2c1N(C(=O)CN1CSCC1=O)CCC2. The first-order chi connectivity index (χ1) is 9.66. The molecule has 0 saturated carbocycles. The predicted molar refractivity (Wildman–Crippen MR) is 80.9 cm³/mol. The molecular weight excluding hydrogens is 272 g/mol. The van der Waals surface area contributed by atoms with E-state index in [0.717, 1.165) is 30.6 Å². The number of amides is 2. The molecule has 1 aromatic rings. The Hall–Kier alpha value is -1.49. The first kappa shape index (κ1) is 13.5. The Morgan fingerprint density at radius 2 is 2.25 bits per heavy atom. The highest BCUT2D eigenvalue weighted by Crippen LogP contribution is 2.30. The minimum atomic E-state index is 0.0381. The van der Waals surface area contributed by atoms with Gasteiger partial charge in [0, 0.05) is 12.2 Å². The van der Waals surface area contributed by atoms with Crippen molar-refractivity contribution in [2.75, 3.05) is 29.6 Å². The molecule has 4 nitrogen and oxygen atoms in total. The van der Waals surface area contributed by atoms with E-state index in [9.17, 15) is 9.59 Å². The van der Waals surface area contributed by atoms with Crippen molar-refractivity contribution < 1.29 is 9.59 Å². The fraction of sp³-hybridized carbons (Fsp3) is 0.467. The van der Waals surface area contributed by atoms with Crippen LogP contribution in [0.1, 0.15) is 17.5 Å². The number of carbonyl (C=O) groups excluding carboxylic acids is 2. The molecule has 0 atom stereocenters. The molecule has 0 bridgehead atoms. The van der Waals surface area contributed by atoms with Gasteiger partial charge in [0.1, 0.15) is 6.54 Å². The van der Waals surface area contributed by atoms with Gasteiger partial charge in [-0.15, -0.1) is 11.8 Å². The molecule has 20 heavy (non-hydrogen) atoms. The zero-order valence-corrected chi connectivity index (χ0v) is 12.4. The molecular formula is C15H18N2O2S. The van der Waals surface area contributed by atoms with E-state index in [1.807, 2.05) is 24.0 Å². The number of aryl methyl sites for hydroxylation is 2. The lowest BCUT2D eigenvalue weighted by Crippen LogP contribution is -2.43. The van der Waals surface area contributed by atoms with Gasteiger partial charge in [0.2, 0.25) is 11.8 Å². The van der Waals surface area contributed by atoms with E-state index < -0.39 is 0 Å². The van der Waals surface area contributed by atoms with Crippen molar-refractivity contribution in [3.63, 3.8) is 0 Å². The van der Waals surface area contributed by atoms with Gasteiger partial charge in [-0.05, 0) is 30.9 Å². The highest BCUT2D eigenvalue weighted by molar-refractivity contribution is 8.00. The molecule has 5 heteroatoms. The number of rotatable bonds is 2. The molecule has 2 amide bonds.